The number of Topliss-reactive ketones (excluding diaryl/α,β-unsaturated/α-hetero) is 1. The van der Waals surface area contributed by atoms with Crippen LogP contribution in [0.15, 0.2) is 54.1 Å². The van der Waals surface area contributed by atoms with Crippen LogP contribution in [0, 0.1) is 10.1 Å². The minimum Gasteiger partial charge on any atom is -0.507 e. The van der Waals surface area contributed by atoms with Crippen LogP contribution in [-0.4, -0.2) is 53.5 Å². The third-order valence-electron chi connectivity index (χ3n) is 5.56. The monoisotopic (exact) mass is 468 g/mol. The number of carbonyl (C=O) groups is 2. The summed E-state index contributed by atoms with van der Waals surface area (Å²) >= 11 is 0. The van der Waals surface area contributed by atoms with E-state index in [1.165, 1.54) is 30.2 Å². The fourth-order valence-corrected chi connectivity index (χ4v) is 3.87. The number of benzene rings is 2. The molecule has 2 aromatic carbocycles. The van der Waals surface area contributed by atoms with E-state index in [9.17, 15) is 24.8 Å². The Labute approximate surface area is 197 Å². The fraction of sp³-hybridized carbons (Fsp3) is 0.360. The van der Waals surface area contributed by atoms with Crippen LogP contribution in [-0.2, 0) is 14.3 Å². The van der Waals surface area contributed by atoms with Crippen molar-refractivity contribution in [1.29, 1.82) is 0 Å². The second kappa shape index (κ2) is 11.4. The Morgan fingerprint density at radius 3 is 2.59 bits per heavy atom. The second-order valence-corrected chi connectivity index (χ2v) is 7.92. The first kappa shape index (κ1) is 24.9. The Morgan fingerprint density at radius 1 is 1.12 bits per heavy atom. The summed E-state index contributed by atoms with van der Waals surface area (Å²) in [5, 5.41) is 22.5. The number of carbonyl (C=O) groups excluding carboxylic acids is 2. The Morgan fingerprint density at radius 2 is 1.88 bits per heavy atom. The van der Waals surface area contributed by atoms with E-state index < -0.39 is 22.7 Å². The van der Waals surface area contributed by atoms with E-state index >= 15 is 0 Å². The second-order valence-electron chi connectivity index (χ2n) is 7.92. The smallest absolute Gasteiger partial charge is 0.295 e. The highest BCUT2D eigenvalue weighted by molar-refractivity contribution is 6.46. The summed E-state index contributed by atoms with van der Waals surface area (Å²) in [4.78, 5) is 38.1. The van der Waals surface area contributed by atoms with E-state index in [4.69, 9.17) is 9.47 Å². The number of non-ortho nitro benzene ring substituents is 1. The van der Waals surface area contributed by atoms with Crippen molar-refractivity contribution in [3.05, 3.63) is 75.3 Å². The van der Waals surface area contributed by atoms with E-state index in [2.05, 4.69) is 0 Å². The predicted octanol–water partition coefficient (Wildman–Crippen LogP) is 4.23. The molecule has 0 spiro atoms. The van der Waals surface area contributed by atoms with Crippen LogP contribution < -0.4 is 4.74 Å². The maximum atomic E-state index is 13.1. The van der Waals surface area contributed by atoms with Gasteiger partial charge in [0.25, 0.3) is 17.4 Å². The molecule has 1 aliphatic rings. The van der Waals surface area contributed by atoms with Gasteiger partial charge in [-0.15, -0.1) is 0 Å². The Balaban J connectivity index is 2.08. The number of methoxy groups -OCH3 is 1. The number of aliphatic hydroxyl groups excluding tert-OH is 1. The highest BCUT2D eigenvalue weighted by Gasteiger charge is 2.46. The molecular formula is C25H28N2O7. The maximum absolute atomic E-state index is 13.1. The van der Waals surface area contributed by atoms with Gasteiger partial charge < -0.3 is 19.5 Å². The molecule has 1 fully saturated rings. The first-order valence-corrected chi connectivity index (χ1v) is 11.1. The lowest BCUT2D eigenvalue weighted by Gasteiger charge is -2.25. The van der Waals surface area contributed by atoms with Crippen molar-refractivity contribution in [3.8, 4) is 5.75 Å². The molecule has 1 atom stereocenters. The number of aliphatic hydroxyl groups is 1. The number of unbranched alkanes of at least 4 members (excludes halogenated alkanes) is 1. The number of rotatable bonds is 11. The molecule has 1 amide bonds. The molecule has 1 unspecified atom stereocenters. The number of nitro groups is 1. The number of ether oxygens (including phenoxy) is 2. The lowest BCUT2D eigenvalue weighted by atomic mass is 9.95. The van der Waals surface area contributed by atoms with Gasteiger partial charge in [-0.3, -0.25) is 19.7 Å². The predicted molar refractivity (Wildman–Crippen MR) is 125 cm³/mol. The summed E-state index contributed by atoms with van der Waals surface area (Å²) in [5.74, 6) is -1.45. The lowest BCUT2D eigenvalue weighted by Crippen LogP contribution is -2.31. The minimum absolute atomic E-state index is 0.117. The van der Waals surface area contributed by atoms with Crippen molar-refractivity contribution in [2.24, 2.45) is 0 Å². The zero-order valence-electron chi connectivity index (χ0n) is 19.2. The van der Waals surface area contributed by atoms with Crippen molar-refractivity contribution < 1.29 is 29.1 Å². The van der Waals surface area contributed by atoms with E-state index in [1.807, 2.05) is 6.92 Å². The lowest BCUT2D eigenvalue weighted by molar-refractivity contribution is -0.384. The largest absolute Gasteiger partial charge is 0.507 e. The van der Waals surface area contributed by atoms with Gasteiger partial charge in [0.2, 0.25) is 0 Å². The minimum atomic E-state index is -0.971. The maximum Gasteiger partial charge on any atom is 0.295 e. The third-order valence-corrected chi connectivity index (χ3v) is 5.56. The van der Waals surface area contributed by atoms with Gasteiger partial charge in [-0.05, 0) is 30.5 Å². The van der Waals surface area contributed by atoms with Crippen LogP contribution in [0.1, 0.15) is 43.4 Å². The van der Waals surface area contributed by atoms with Crippen molar-refractivity contribution in [3.63, 3.8) is 0 Å². The molecule has 0 aromatic heterocycles. The molecule has 0 saturated carbocycles. The van der Waals surface area contributed by atoms with Crippen LogP contribution >= 0.6 is 0 Å². The average Bonchev–Trinajstić information content (AvgIpc) is 3.09. The summed E-state index contributed by atoms with van der Waals surface area (Å²) < 4.78 is 10.8. The summed E-state index contributed by atoms with van der Waals surface area (Å²) in [7, 11) is 1.53. The highest BCUT2D eigenvalue weighted by Crippen LogP contribution is 2.40. The van der Waals surface area contributed by atoms with Crippen LogP contribution in [0.2, 0.25) is 0 Å². The van der Waals surface area contributed by atoms with Crippen molar-refractivity contribution in [2.75, 3.05) is 26.9 Å². The van der Waals surface area contributed by atoms with Crippen LogP contribution in [0.4, 0.5) is 5.69 Å². The van der Waals surface area contributed by atoms with Crippen molar-refractivity contribution in [2.45, 2.75) is 32.2 Å². The van der Waals surface area contributed by atoms with Gasteiger partial charge in [-0.25, -0.2) is 0 Å². The molecule has 1 heterocycles. The number of ketones is 1. The Bertz CT molecular complexity index is 1100. The first-order chi connectivity index (χ1) is 16.4. The topological polar surface area (TPSA) is 119 Å². The molecule has 34 heavy (non-hydrogen) atoms. The van der Waals surface area contributed by atoms with Crippen LogP contribution in [0.25, 0.3) is 5.76 Å². The van der Waals surface area contributed by atoms with Gasteiger partial charge in [-0.2, -0.15) is 0 Å². The van der Waals surface area contributed by atoms with E-state index in [1.54, 1.807) is 30.3 Å². The number of nitrogens with zero attached hydrogens (tertiary/aromatic N) is 2. The number of hydrogen-bond donors (Lipinski definition) is 1. The SMILES string of the molecule is CCCCOc1cccc(/C(O)=C2\C(=O)C(=O)N(CCCOC)C2c2cccc([N+](=O)[O-])c2)c1. The highest BCUT2D eigenvalue weighted by atomic mass is 16.6. The van der Waals surface area contributed by atoms with E-state index in [0.717, 1.165) is 12.8 Å². The molecule has 1 aliphatic heterocycles. The van der Waals surface area contributed by atoms with Crippen molar-refractivity contribution >= 4 is 23.1 Å². The zero-order valence-corrected chi connectivity index (χ0v) is 19.2. The van der Waals surface area contributed by atoms with Gasteiger partial charge in [0, 0.05) is 38.0 Å². The molecule has 0 aliphatic carbocycles. The summed E-state index contributed by atoms with van der Waals surface area (Å²) in [6, 6.07) is 11.4. The van der Waals surface area contributed by atoms with Gasteiger partial charge in [0.1, 0.15) is 11.5 Å². The molecule has 180 valence electrons. The fourth-order valence-electron chi connectivity index (χ4n) is 3.87. The van der Waals surface area contributed by atoms with Gasteiger partial charge in [-0.1, -0.05) is 37.6 Å². The molecule has 1 saturated heterocycles. The summed E-state index contributed by atoms with van der Waals surface area (Å²) in [6.45, 7) is 3.11. The average molecular weight is 469 g/mol. The van der Waals surface area contributed by atoms with Gasteiger partial charge in [0.05, 0.1) is 23.1 Å². The third kappa shape index (κ3) is 5.43. The van der Waals surface area contributed by atoms with Crippen LogP contribution in [0.3, 0.4) is 0 Å². The van der Waals surface area contributed by atoms with Gasteiger partial charge in [0.15, 0.2) is 0 Å². The number of likely N-dealkylation sites (tertiary alicyclic amines) is 1. The standard InChI is InChI=1S/C25H28N2O7/c1-3-4-14-34-20-11-6-9-18(16-20)23(28)21-22(17-8-5-10-19(15-17)27(31)32)26(12-7-13-33-2)25(30)24(21)29/h5-6,8-11,15-16,22,28H,3-4,7,12-14H2,1-2H3/b23-21+. The number of nitro benzene ring substituents is 1. The molecular weight excluding hydrogens is 440 g/mol. The van der Waals surface area contributed by atoms with E-state index in [-0.39, 0.29) is 23.6 Å². The molecule has 3 rings (SSSR count). The quantitative estimate of drug-likeness (QED) is 0.131. The molecule has 2 aromatic rings. The molecule has 9 nitrogen and oxygen atoms in total. The van der Waals surface area contributed by atoms with E-state index in [0.29, 0.717) is 36.5 Å². The zero-order chi connectivity index (χ0) is 24.7. The molecule has 9 heteroatoms. The molecule has 1 N–H and O–H groups in total. The molecule has 0 bridgehead atoms. The summed E-state index contributed by atoms with van der Waals surface area (Å²) in [5.41, 5.74) is 0.391. The Kier molecular flexibility index (Phi) is 8.37. The first-order valence-electron chi connectivity index (χ1n) is 11.1. The van der Waals surface area contributed by atoms with Crippen LogP contribution in [0.5, 0.6) is 5.75 Å². The Hall–Kier alpha value is -3.72. The van der Waals surface area contributed by atoms with Crippen molar-refractivity contribution in [1.82, 2.24) is 4.90 Å². The van der Waals surface area contributed by atoms with Gasteiger partial charge >= 0.3 is 0 Å². The molecule has 0 radical (unpaired) electrons. The number of hydrogen-bond acceptors (Lipinski definition) is 7. The summed E-state index contributed by atoms with van der Waals surface area (Å²) in [6.07, 6.45) is 2.29. The number of amides is 1. The normalized spacial score (nSPS) is 17.2.